The number of carbonyl (C=O) groups is 1. The van der Waals surface area contributed by atoms with Gasteiger partial charge in [-0.1, -0.05) is 36.9 Å². The Labute approximate surface area is 119 Å². The smallest absolute Gasteiger partial charge is 0.333 e. The van der Waals surface area contributed by atoms with E-state index in [9.17, 15) is 4.79 Å². The van der Waals surface area contributed by atoms with Gasteiger partial charge in [0.15, 0.2) is 0 Å². The molecule has 1 aromatic carbocycles. The van der Waals surface area contributed by atoms with E-state index in [0.29, 0.717) is 17.4 Å². The third-order valence-electron chi connectivity index (χ3n) is 4.29. The average molecular weight is 272 g/mol. The van der Waals surface area contributed by atoms with E-state index < -0.39 is 0 Å². The predicted molar refractivity (Wildman–Crippen MR) is 76.2 cm³/mol. The summed E-state index contributed by atoms with van der Waals surface area (Å²) in [7, 11) is 0. The van der Waals surface area contributed by atoms with Crippen molar-refractivity contribution in [2.45, 2.75) is 32.0 Å². The predicted octanol–water partition coefficient (Wildman–Crippen LogP) is 2.75. The van der Waals surface area contributed by atoms with Gasteiger partial charge in [-0.05, 0) is 25.3 Å². The summed E-state index contributed by atoms with van der Waals surface area (Å²) in [5.41, 5.74) is 1.74. The van der Waals surface area contributed by atoms with Gasteiger partial charge in [0.25, 0.3) is 0 Å². The van der Waals surface area contributed by atoms with E-state index >= 15 is 0 Å². The first-order valence-electron chi connectivity index (χ1n) is 7.17. The molecule has 4 atom stereocenters. The van der Waals surface area contributed by atoms with Crippen molar-refractivity contribution >= 4 is 5.97 Å². The van der Waals surface area contributed by atoms with Gasteiger partial charge in [-0.15, -0.1) is 0 Å². The first kappa shape index (κ1) is 13.4. The summed E-state index contributed by atoms with van der Waals surface area (Å²) >= 11 is 0. The number of hydrogen-bond acceptors (Lipinski definition) is 3. The van der Waals surface area contributed by atoms with Crippen LogP contribution in [0.5, 0.6) is 0 Å². The van der Waals surface area contributed by atoms with E-state index in [1.165, 1.54) is 5.56 Å². The van der Waals surface area contributed by atoms with Gasteiger partial charge in [0.05, 0.1) is 12.7 Å². The third kappa shape index (κ3) is 2.50. The molecule has 0 radical (unpaired) electrons. The van der Waals surface area contributed by atoms with Crippen LogP contribution in [0.2, 0.25) is 0 Å². The SMILES string of the molecule is C=C(C)C(=O)O[C@H]1[C@@H](Cc2ccccc2)CC2CO[C@H]21. The van der Waals surface area contributed by atoms with E-state index in [0.717, 1.165) is 19.4 Å². The van der Waals surface area contributed by atoms with Crippen molar-refractivity contribution < 1.29 is 14.3 Å². The first-order valence-corrected chi connectivity index (χ1v) is 7.17. The number of rotatable bonds is 4. The largest absolute Gasteiger partial charge is 0.456 e. The Morgan fingerprint density at radius 3 is 2.75 bits per heavy atom. The molecule has 3 rings (SSSR count). The van der Waals surface area contributed by atoms with E-state index in [1.807, 2.05) is 18.2 Å². The van der Waals surface area contributed by atoms with Crippen molar-refractivity contribution in [3.05, 3.63) is 48.0 Å². The Bertz CT molecular complexity index is 508. The molecule has 1 aliphatic heterocycles. The fourth-order valence-electron chi connectivity index (χ4n) is 3.20. The number of hydrogen-bond donors (Lipinski definition) is 0. The summed E-state index contributed by atoms with van der Waals surface area (Å²) in [5.74, 6) is 0.592. The molecule has 0 aromatic heterocycles. The molecule has 0 spiro atoms. The maximum Gasteiger partial charge on any atom is 0.333 e. The maximum atomic E-state index is 11.8. The van der Waals surface area contributed by atoms with Crippen LogP contribution in [-0.4, -0.2) is 24.8 Å². The van der Waals surface area contributed by atoms with E-state index in [1.54, 1.807) is 6.92 Å². The van der Waals surface area contributed by atoms with E-state index in [4.69, 9.17) is 9.47 Å². The van der Waals surface area contributed by atoms with Crippen molar-refractivity contribution in [2.75, 3.05) is 6.61 Å². The second kappa shape index (κ2) is 5.41. The Kier molecular flexibility index (Phi) is 3.62. The van der Waals surface area contributed by atoms with Gasteiger partial charge < -0.3 is 9.47 Å². The van der Waals surface area contributed by atoms with Crippen LogP contribution in [0.25, 0.3) is 0 Å². The average Bonchev–Trinajstić information content (AvgIpc) is 2.63. The normalized spacial score (nSPS) is 31.2. The molecule has 2 fully saturated rings. The van der Waals surface area contributed by atoms with Gasteiger partial charge in [-0.2, -0.15) is 0 Å². The molecule has 0 amide bonds. The fourth-order valence-corrected chi connectivity index (χ4v) is 3.20. The van der Waals surface area contributed by atoms with E-state index in [-0.39, 0.29) is 18.2 Å². The molecule has 106 valence electrons. The summed E-state index contributed by atoms with van der Waals surface area (Å²) in [4.78, 5) is 11.8. The van der Waals surface area contributed by atoms with Crippen LogP contribution in [-0.2, 0) is 20.7 Å². The number of esters is 1. The summed E-state index contributed by atoms with van der Waals surface area (Å²) in [6.07, 6.45) is 1.98. The van der Waals surface area contributed by atoms with Crippen LogP contribution in [0.4, 0.5) is 0 Å². The van der Waals surface area contributed by atoms with Crippen LogP contribution < -0.4 is 0 Å². The summed E-state index contributed by atoms with van der Waals surface area (Å²) in [6.45, 7) is 6.14. The van der Waals surface area contributed by atoms with E-state index in [2.05, 4.69) is 18.7 Å². The molecule has 1 heterocycles. The molecule has 0 N–H and O–H groups in total. The first-order chi connectivity index (χ1) is 9.65. The number of carbonyl (C=O) groups excluding carboxylic acids is 1. The molecular formula is C17H20O3. The van der Waals surface area contributed by atoms with Crippen molar-refractivity contribution in [1.82, 2.24) is 0 Å². The molecule has 0 bridgehead atoms. The fraction of sp³-hybridized carbons (Fsp3) is 0.471. The lowest BCUT2D eigenvalue weighted by molar-refractivity contribution is -0.172. The van der Waals surface area contributed by atoms with Crippen LogP contribution in [0.3, 0.4) is 0 Å². The zero-order valence-corrected chi connectivity index (χ0v) is 11.7. The van der Waals surface area contributed by atoms with Gasteiger partial charge >= 0.3 is 5.97 Å². The summed E-state index contributed by atoms with van der Waals surface area (Å²) in [6, 6.07) is 10.4. The van der Waals surface area contributed by atoms with Gasteiger partial charge in [0.1, 0.15) is 6.10 Å². The van der Waals surface area contributed by atoms with Crippen LogP contribution in [0.1, 0.15) is 18.9 Å². The third-order valence-corrected chi connectivity index (χ3v) is 4.29. The molecule has 1 aromatic rings. The standard InChI is InChI=1S/C17H20O3/c1-11(2)17(18)20-16-13(9-14-10-19-15(14)16)8-12-6-4-3-5-7-12/h3-7,13-16H,1,8-10H2,2H3/t13-,14?,15+,16-/m0/s1. The highest BCUT2D eigenvalue weighted by molar-refractivity contribution is 5.87. The minimum atomic E-state index is -0.302. The number of fused-ring (bicyclic) bond motifs is 1. The molecule has 1 unspecified atom stereocenters. The zero-order valence-electron chi connectivity index (χ0n) is 11.7. The topological polar surface area (TPSA) is 35.5 Å². The van der Waals surface area contributed by atoms with Crippen LogP contribution >= 0.6 is 0 Å². The molecule has 2 aliphatic rings. The molecule has 3 nitrogen and oxygen atoms in total. The van der Waals surface area contributed by atoms with Crippen molar-refractivity contribution in [1.29, 1.82) is 0 Å². The minimum Gasteiger partial charge on any atom is -0.456 e. The lowest BCUT2D eigenvalue weighted by atomic mass is 9.95. The lowest BCUT2D eigenvalue weighted by Crippen LogP contribution is -2.44. The van der Waals surface area contributed by atoms with Gasteiger partial charge in [0.2, 0.25) is 0 Å². The van der Waals surface area contributed by atoms with Gasteiger partial charge in [-0.3, -0.25) is 0 Å². The molecular weight excluding hydrogens is 252 g/mol. The summed E-state index contributed by atoms with van der Waals surface area (Å²) < 4.78 is 11.2. The highest BCUT2D eigenvalue weighted by Crippen LogP contribution is 2.43. The molecule has 20 heavy (non-hydrogen) atoms. The van der Waals surface area contributed by atoms with Crippen molar-refractivity contribution in [3.8, 4) is 0 Å². The monoisotopic (exact) mass is 272 g/mol. The zero-order chi connectivity index (χ0) is 14.1. The second-order valence-corrected chi connectivity index (χ2v) is 5.89. The summed E-state index contributed by atoms with van der Waals surface area (Å²) in [5, 5.41) is 0. The van der Waals surface area contributed by atoms with Crippen molar-refractivity contribution in [2.24, 2.45) is 11.8 Å². The number of ether oxygens (including phenoxy) is 2. The Balaban J connectivity index is 1.71. The highest BCUT2D eigenvalue weighted by atomic mass is 16.6. The van der Waals surface area contributed by atoms with Gasteiger partial charge in [0, 0.05) is 17.4 Å². The van der Waals surface area contributed by atoms with Gasteiger partial charge in [-0.25, -0.2) is 4.79 Å². The quantitative estimate of drug-likeness (QED) is 0.624. The Morgan fingerprint density at radius 2 is 2.15 bits per heavy atom. The van der Waals surface area contributed by atoms with Crippen LogP contribution in [0.15, 0.2) is 42.5 Å². The molecule has 1 aliphatic carbocycles. The maximum absolute atomic E-state index is 11.8. The lowest BCUT2D eigenvalue weighted by Gasteiger charge is -2.34. The molecule has 1 saturated carbocycles. The molecule has 1 saturated heterocycles. The van der Waals surface area contributed by atoms with Crippen molar-refractivity contribution in [3.63, 3.8) is 0 Å². The molecule has 3 heteroatoms. The number of benzene rings is 1. The Morgan fingerprint density at radius 1 is 1.40 bits per heavy atom. The highest BCUT2D eigenvalue weighted by Gasteiger charge is 2.51. The van der Waals surface area contributed by atoms with Crippen LogP contribution in [0, 0.1) is 11.8 Å². The Hall–Kier alpha value is -1.61. The second-order valence-electron chi connectivity index (χ2n) is 5.89. The minimum absolute atomic E-state index is 0.0898.